The van der Waals surface area contributed by atoms with Crippen LogP contribution in [0.25, 0.3) is 11.3 Å². The summed E-state index contributed by atoms with van der Waals surface area (Å²) >= 11 is 0. The van der Waals surface area contributed by atoms with Gasteiger partial charge in [-0.3, -0.25) is 0 Å². The number of benzene rings is 1. The first kappa shape index (κ1) is 13.5. The van der Waals surface area contributed by atoms with Gasteiger partial charge in [-0.2, -0.15) is 0 Å². The highest BCUT2D eigenvalue weighted by Gasteiger charge is 2.14. The Morgan fingerprint density at radius 2 is 1.89 bits per heavy atom. The second-order valence-electron chi connectivity index (χ2n) is 4.72. The van der Waals surface area contributed by atoms with Crippen LogP contribution in [-0.2, 0) is 0 Å². The van der Waals surface area contributed by atoms with Gasteiger partial charge in [0.05, 0.1) is 5.69 Å². The number of hydrogen-bond acceptors (Lipinski definition) is 4. The quantitative estimate of drug-likeness (QED) is 0.651. The summed E-state index contributed by atoms with van der Waals surface area (Å²) in [5.74, 6) is 7.41. The van der Waals surface area contributed by atoms with Crippen molar-refractivity contribution in [1.29, 1.82) is 0 Å². The van der Waals surface area contributed by atoms with E-state index >= 15 is 0 Å². The van der Waals surface area contributed by atoms with Crippen LogP contribution in [0, 0.1) is 6.92 Å². The second kappa shape index (κ2) is 5.80. The summed E-state index contributed by atoms with van der Waals surface area (Å²) in [5, 5.41) is 0. The number of hydrogen-bond donors (Lipinski definition) is 2. The topological polar surface area (TPSA) is 63.8 Å². The first-order chi connectivity index (χ1) is 9.17. The van der Waals surface area contributed by atoms with E-state index in [1.165, 1.54) is 0 Å². The Balaban J connectivity index is 2.59. The van der Waals surface area contributed by atoms with E-state index in [4.69, 9.17) is 10.8 Å². The largest absolute Gasteiger partial charge is 0.308 e. The fraction of sp³-hybridized carbons (Fsp3) is 0.333. The number of rotatable bonds is 4. The zero-order valence-electron chi connectivity index (χ0n) is 11.6. The Morgan fingerprint density at radius 1 is 1.21 bits per heavy atom. The van der Waals surface area contributed by atoms with E-state index in [1.54, 1.807) is 0 Å². The van der Waals surface area contributed by atoms with Gasteiger partial charge in [0.1, 0.15) is 11.6 Å². The Bertz CT molecular complexity index is 552. The number of hydrazine groups is 1. The van der Waals surface area contributed by atoms with Gasteiger partial charge < -0.3 is 5.43 Å². The maximum atomic E-state index is 5.57. The van der Waals surface area contributed by atoms with Crippen LogP contribution < -0.4 is 11.3 Å². The average molecular weight is 256 g/mol. The third-order valence-corrected chi connectivity index (χ3v) is 3.40. The lowest BCUT2D eigenvalue weighted by molar-refractivity contribution is 0.679. The summed E-state index contributed by atoms with van der Waals surface area (Å²) in [7, 11) is 0. The fourth-order valence-corrected chi connectivity index (χ4v) is 1.95. The number of nitrogen functional groups attached to an aromatic ring is 1. The van der Waals surface area contributed by atoms with Crippen LogP contribution in [0.15, 0.2) is 30.3 Å². The molecule has 0 aliphatic carbocycles. The first-order valence-corrected chi connectivity index (χ1v) is 6.58. The fourth-order valence-electron chi connectivity index (χ4n) is 1.95. The molecule has 1 aromatic carbocycles. The molecule has 4 heteroatoms. The summed E-state index contributed by atoms with van der Waals surface area (Å²) in [6, 6.07) is 10.1. The Morgan fingerprint density at radius 3 is 2.47 bits per heavy atom. The van der Waals surface area contributed by atoms with Gasteiger partial charge in [-0.05, 0) is 13.3 Å². The number of nitrogens with one attached hydrogen (secondary N) is 1. The van der Waals surface area contributed by atoms with E-state index in [1.807, 2.05) is 25.1 Å². The summed E-state index contributed by atoms with van der Waals surface area (Å²) in [6.07, 6.45) is 1.00. The van der Waals surface area contributed by atoms with Gasteiger partial charge in [0, 0.05) is 17.0 Å². The van der Waals surface area contributed by atoms with Gasteiger partial charge in [0.15, 0.2) is 0 Å². The van der Waals surface area contributed by atoms with Crippen molar-refractivity contribution < 1.29 is 0 Å². The number of nitrogens with zero attached hydrogens (tertiary/aromatic N) is 2. The molecular weight excluding hydrogens is 236 g/mol. The Hall–Kier alpha value is -1.94. The zero-order chi connectivity index (χ0) is 13.8. The molecule has 19 heavy (non-hydrogen) atoms. The molecule has 100 valence electrons. The van der Waals surface area contributed by atoms with Crippen LogP contribution >= 0.6 is 0 Å². The molecular formula is C15H20N4. The van der Waals surface area contributed by atoms with Gasteiger partial charge in [-0.15, -0.1) is 0 Å². The molecule has 0 amide bonds. The van der Waals surface area contributed by atoms with Crippen molar-refractivity contribution in [2.24, 2.45) is 5.84 Å². The van der Waals surface area contributed by atoms with Gasteiger partial charge in [-0.1, -0.05) is 44.2 Å². The van der Waals surface area contributed by atoms with E-state index < -0.39 is 0 Å². The third kappa shape index (κ3) is 2.74. The minimum Gasteiger partial charge on any atom is -0.308 e. The Kier molecular flexibility index (Phi) is 4.12. The van der Waals surface area contributed by atoms with Gasteiger partial charge in [-0.25, -0.2) is 15.8 Å². The predicted octanol–water partition coefficient (Wildman–Crippen LogP) is 3.25. The molecule has 2 rings (SSSR count). The van der Waals surface area contributed by atoms with Crippen LogP contribution in [0.1, 0.15) is 37.6 Å². The van der Waals surface area contributed by atoms with Crippen molar-refractivity contribution in [3.05, 3.63) is 41.7 Å². The smallest absolute Gasteiger partial charge is 0.147 e. The Labute approximate surface area is 114 Å². The molecule has 0 saturated carbocycles. The molecule has 0 saturated heterocycles. The maximum absolute atomic E-state index is 5.57. The lowest BCUT2D eigenvalue weighted by Gasteiger charge is -2.15. The SMILES string of the molecule is CCC(C)c1nc(NN)c(C)c(-c2ccccc2)n1. The molecule has 1 unspecified atom stereocenters. The van der Waals surface area contributed by atoms with Crippen LogP contribution in [0.4, 0.5) is 5.82 Å². The molecule has 0 spiro atoms. The lowest BCUT2D eigenvalue weighted by Crippen LogP contribution is -2.14. The standard InChI is InChI=1S/C15H20N4/c1-4-10(2)14-17-13(11(3)15(18-14)19-16)12-8-6-5-7-9-12/h5-10H,4,16H2,1-3H3,(H,17,18,19). The van der Waals surface area contributed by atoms with Crippen molar-refractivity contribution in [3.63, 3.8) is 0 Å². The molecule has 2 aromatic rings. The molecule has 0 radical (unpaired) electrons. The number of aromatic nitrogens is 2. The highest BCUT2D eigenvalue weighted by molar-refractivity contribution is 5.67. The van der Waals surface area contributed by atoms with E-state index in [2.05, 4.69) is 36.4 Å². The highest BCUT2D eigenvalue weighted by Crippen LogP contribution is 2.27. The summed E-state index contributed by atoms with van der Waals surface area (Å²) in [6.45, 7) is 6.24. The lowest BCUT2D eigenvalue weighted by atomic mass is 10.0. The van der Waals surface area contributed by atoms with Crippen LogP contribution in [0.3, 0.4) is 0 Å². The third-order valence-electron chi connectivity index (χ3n) is 3.40. The summed E-state index contributed by atoms with van der Waals surface area (Å²) in [4.78, 5) is 9.22. The molecule has 3 N–H and O–H groups in total. The first-order valence-electron chi connectivity index (χ1n) is 6.58. The van der Waals surface area contributed by atoms with Crippen LogP contribution in [0.5, 0.6) is 0 Å². The highest BCUT2D eigenvalue weighted by atomic mass is 15.3. The summed E-state index contributed by atoms with van der Waals surface area (Å²) in [5.41, 5.74) is 5.68. The maximum Gasteiger partial charge on any atom is 0.147 e. The van der Waals surface area contributed by atoms with Crippen molar-refractivity contribution in [2.75, 3.05) is 5.43 Å². The minimum atomic E-state index is 0.315. The predicted molar refractivity (Wildman–Crippen MR) is 78.7 cm³/mol. The minimum absolute atomic E-state index is 0.315. The van der Waals surface area contributed by atoms with Crippen molar-refractivity contribution >= 4 is 5.82 Å². The normalized spacial score (nSPS) is 12.2. The van der Waals surface area contributed by atoms with Crippen LogP contribution in [-0.4, -0.2) is 9.97 Å². The molecule has 0 aliphatic heterocycles. The van der Waals surface area contributed by atoms with E-state index in [-0.39, 0.29) is 0 Å². The average Bonchev–Trinajstić information content (AvgIpc) is 2.47. The van der Waals surface area contributed by atoms with Crippen molar-refractivity contribution in [3.8, 4) is 11.3 Å². The van der Waals surface area contributed by atoms with E-state index in [0.717, 1.165) is 29.1 Å². The van der Waals surface area contributed by atoms with Crippen molar-refractivity contribution in [2.45, 2.75) is 33.1 Å². The molecule has 1 heterocycles. The van der Waals surface area contributed by atoms with Gasteiger partial charge >= 0.3 is 0 Å². The second-order valence-corrected chi connectivity index (χ2v) is 4.72. The van der Waals surface area contributed by atoms with Gasteiger partial charge in [0.25, 0.3) is 0 Å². The molecule has 1 atom stereocenters. The summed E-state index contributed by atoms with van der Waals surface area (Å²) < 4.78 is 0. The molecule has 1 aromatic heterocycles. The number of nitrogens with two attached hydrogens (primary N) is 1. The van der Waals surface area contributed by atoms with Crippen LogP contribution in [0.2, 0.25) is 0 Å². The number of anilines is 1. The zero-order valence-corrected chi connectivity index (χ0v) is 11.6. The van der Waals surface area contributed by atoms with Crippen molar-refractivity contribution in [1.82, 2.24) is 9.97 Å². The molecule has 0 fully saturated rings. The molecule has 0 aliphatic rings. The van der Waals surface area contributed by atoms with Gasteiger partial charge in [0.2, 0.25) is 0 Å². The van der Waals surface area contributed by atoms with E-state index in [0.29, 0.717) is 11.7 Å². The monoisotopic (exact) mass is 256 g/mol. The van der Waals surface area contributed by atoms with E-state index in [9.17, 15) is 0 Å². The molecule has 0 bridgehead atoms. The molecule has 4 nitrogen and oxygen atoms in total.